The molecule has 0 spiro atoms. The normalized spacial score (nSPS) is 14.3. The minimum Gasteiger partial charge on any atom is -0.388 e. The predicted octanol–water partition coefficient (Wildman–Crippen LogP) is 4.74. The molecule has 0 radical (unpaired) electrons. The van der Waals surface area contributed by atoms with E-state index in [9.17, 15) is 5.11 Å². The molecule has 0 aliphatic heterocycles. The molecule has 0 fully saturated rings. The molecule has 0 amide bonds. The molecular weight excluding hydrogens is 284 g/mol. The Hall–Kier alpha value is -0.380. The van der Waals surface area contributed by atoms with Gasteiger partial charge in [0.2, 0.25) is 0 Å². The Labute approximate surface area is 108 Å². The van der Waals surface area contributed by atoms with Gasteiger partial charge in [0.05, 0.1) is 6.10 Å². The van der Waals surface area contributed by atoms with Crippen LogP contribution in [0, 0.1) is 5.41 Å². The summed E-state index contributed by atoms with van der Waals surface area (Å²) < 4.78 is 2.31. The number of benzene rings is 1. The second kappa shape index (κ2) is 4.13. The zero-order valence-electron chi connectivity index (χ0n) is 9.62. The van der Waals surface area contributed by atoms with Crippen molar-refractivity contribution >= 4 is 37.4 Å². The number of halogens is 1. The highest BCUT2D eigenvalue weighted by Crippen LogP contribution is 2.40. The molecule has 1 unspecified atom stereocenters. The van der Waals surface area contributed by atoms with Gasteiger partial charge in [0.25, 0.3) is 0 Å². The third-order valence-electron chi connectivity index (χ3n) is 2.70. The average molecular weight is 299 g/mol. The first-order valence-corrected chi connectivity index (χ1v) is 6.92. The monoisotopic (exact) mass is 298 g/mol. The lowest BCUT2D eigenvalue weighted by Crippen LogP contribution is -2.17. The fraction of sp³-hybridized carbons (Fsp3) is 0.385. The minimum absolute atomic E-state index is 0.129. The first kappa shape index (κ1) is 12.1. The SMILES string of the molecule is CC(C)(C)C(O)c1csc2c(Br)cccc12. The van der Waals surface area contributed by atoms with Gasteiger partial charge in [-0.25, -0.2) is 0 Å². The van der Waals surface area contributed by atoms with Crippen LogP contribution in [0.15, 0.2) is 28.1 Å². The Bertz CT molecular complexity index is 510. The van der Waals surface area contributed by atoms with Gasteiger partial charge in [-0.1, -0.05) is 32.9 Å². The number of aliphatic hydroxyl groups excluding tert-OH is 1. The summed E-state index contributed by atoms with van der Waals surface area (Å²) in [6.07, 6.45) is -0.421. The third kappa shape index (κ3) is 2.04. The molecule has 2 rings (SSSR count). The lowest BCUT2D eigenvalue weighted by molar-refractivity contribution is 0.0642. The van der Waals surface area contributed by atoms with Crippen molar-refractivity contribution in [3.05, 3.63) is 33.6 Å². The highest BCUT2D eigenvalue weighted by molar-refractivity contribution is 9.10. The van der Waals surface area contributed by atoms with Crippen LogP contribution in [0.5, 0.6) is 0 Å². The van der Waals surface area contributed by atoms with Gasteiger partial charge in [-0.05, 0) is 43.7 Å². The topological polar surface area (TPSA) is 20.2 Å². The number of hydrogen-bond donors (Lipinski definition) is 1. The molecule has 0 bridgehead atoms. The van der Waals surface area contributed by atoms with E-state index in [1.165, 1.54) is 4.70 Å². The van der Waals surface area contributed by atoms with Gasteiger partial charge in [-0.3, -0.25) is 0 Å². The van der Waals surface area contributed by atoms with E-state index in [4.69, 9.17) is 0 Å². The molecule has 16 heavy (non-hydrogen) atoms. The van der Waals surface area contributed by atoms with Crippen molar-refractivity contribution in [1.29, 1.82) is 0 Å². The molecule has 1 atom stereocenters. The number of rotatable bonds is 1. The molecule has 86 valence electrons. The first-order valence-electron chi connectivity index (χ1n) is 5.25. The van der Waals surface area contributed by atoms with E-state index in [0.717, 1.165) is 15.4 Å². The molecule has 1 aromatic heterocycles. The highest BCUT2D eigenvalue weighted by Gasteiger charge is 2.26. The molecule has 2 aromatic rings. The van der Waals surface area contributed by atoms with E-state index in [1.807, 2.05) is 12.1 Å². The van der Waals surface area contributed by atoms with Crippen LogP contribution in [0.4, 0.5) is 0 Å². The summed E-state index contributed by atoms with van der Waals surface area (Å²) in [6.45, 7) is 6.16. The number of hydrogen-bond acceptors (Lipinski definition) is 2. The Kier molecular flexibility index (Phi) is 3.12. The number of thiophene rings is 1. The van der Waals surface area contributed by atoms with Gasteiger partial charge >= 0.3 is 0 Å². The lowest BCUT2D eigenvalue weighted by Gasteiger charge is -2.25. The summed E-state index contributed by atoms with van der Waals surface area (Å²) in [4.78, 5) is 0. The van der Waals surface area contributed by atoms with Gasteiger partial charge in [-0.15, -0.1) is 11.3 Å². The smallest absolute Gasteiger partial charge is 0.0852 e. The molecule has 1 heterocycles. The second-order valence-electron chi connectivity index (χ2n) is 5.08. The van der Waals surface area contributed by atoms with Crippen molar-refractivity contribution in [3.63, 3.8) is 0 Å². The van der Waals surface area contributed by atoms with Gasteiger partial charge in [0, 0.05) is 9.17 Å². The molecular formula is C13H15BrOS. The standard InChI is InChI=1S/C13H15BrOS/c1-13(2,3)12(15)9-7-16-11-8(9)5-4-6-10(11)14/h4-7,12,15H,1-3H3. The Morgan fingerprint density at radius 1 is 1.31 bits per heavy atom. The molecule has 0 aliphatic rings. The third-order valence-corrected chi connectivity index (χ3v) is 4.67. The van der Waals surface area contributed by atoms with Crippen LogP contribution in [0.2, 0.25) is 0 Å². The minimum atomic E-state index is -0.421. The van der Waals surface area contributed by atoms with Crippen LogP contribution in [0.3, 0.4) is 0 Å². The molecule has 0 aliphatic carbocycles. The summed E-state index contributed by atoms with van der Waals surface area (Å²) in [5, 5.41) is 13.5. The van der Waals surface area contributed by atoms with Gasteiger partial charge in [0.15, 0.2) is 0 Å². The van der Waals surface area contributed by atoms with Gasteiger partial charge < -0.3 is 5.11 Å². The maximum Gasteiger partial charge on any atom is 0.0852 e. The zero-order valence-corrected chi connectivity index (χ0v) is 12.0. The van der Waals surface area contributed by atoms with Gasteiger partial charge in [-0.2, -0.15) is 0 Å². The molecule has 0 saturated carbocycles. The lowest BCUT2D eigenvalue weighted by atomic mass is 9.85. The summed E-state index contributed by atoms with van der Waals surface area (Å²) >= 11 is 5.22. The molecule has 1 aromatic carbocycles. The van der Waals surface area contributed by atoms with Crippen LogP contribution in [-0.2, 0) is 0 Å². The van der Waals surface area contributed by atoms with Crippen LogP contribution < -0.4 is 0 Å². The summed E-state index contributed by atoms with van der Waals surface area (Å²) in [5.74, 6) is 0. The summed E-state index contributed by atoms with van der Waals surface area (Å²) in [6, 6.07) is 6.12. The van der Waals surface area contributed by atoms with Crippen molar-refractivity contribution in [2.75, 3.05) is 0 Å². The van der Waals surface area contributed by atoms with Crippen LogP contribution in [0.25, 0.3) is 10.1 Å². The molecule has 1 N–H and O–H groups in total. The van der Waals surface area contributed by atoms with Crippen molar-refractivity contribution in [3.8, 4) is 0 Å². The predicted molar refractivity (Wildman–Crippen MR) is 73.9 cm³/mol. The van der Waals surface area contributed by atoms with E-state index in [1.54, 1.807) is 11.3 Å². The van der Waals surface area contributed by atoms with Crippen molar-refractivity contribution in [2.24, 2.45) is 5.41 Å². The fourth-order valence-electron chi connectivity index (χ4n) is 1.72. The van der Waals surface area contributed by atoms with E-state index >= 15 is 0 Å². The van der Waals surface area contributed by atoms with Gasteiger partial charge in [0.1, 0.15) is 0 Å². The largest absolute Gasteiger partial charge is 0.388 e. The summed E-state index contributed by atoms with van der Waals surface area (Å²) in [5.41, 5.74) is 0.907. The van der Waals surface area contributed by atoms with E-state index in [0.29, 0.717) is 0 Å². The number of aliphatic hydroxyl groups is 1. The molecule has 0 saturated heterocycles. The second-order valence-corrected chi connectivity index (χ2v) is 6.81. The van der Waals surface area contributed by atoms with Crippen LogP contribution >= 0.6 is 27.3 Å². The van der Waals surface area contributed by atoms with E-state index in [-0.39, 0.29) is 5.41 Å². The van der Waals surface area contributed by atoms with E-state index in [2.05, 4.69) is 48.1 Å². The zero-order chi connectivity index (χ0) is 11.9. The van der Waals surface area contributed by atoms with Crippen molar-refractivity contribution < 1.29 is 5.11 Å². The Balaban J connectivity index is 2.59. The number of fused-ring (bicyclic) bond motifs is 1. The molecule has 3 heteroatoms. The highest BCUT2D eigenvalue weighted by atomic mass is 79.9. The Morgan fingerprint density at radius 2 is 2.00 bits per heavy atom. The maximum absolute atomic E-state index is 10.3. The van der Waals surface area contributed by atoms with E-state index < -0.39 is 6.10 Å². The fourth-order valence-corrected chi connectivity index (χ4v) is 3.36. The molecule has 1 nitrogen and oxygen atoms in total. The van der Waals surface area contributed by atoms with Crippen molar-refractivity contribution in [1.82, 2.24) is 0 Å². The van der Waals surface area contributed by atoms with Crippen LogP contribution in [-0.4, -0.2) is 5.11 Å². The quantitative estimate of drug-likeness (QED) is 0.806. The summed E-state index contributed by atoms with van der Waals surface area (Å²) in [7, 11) is 0. The Morgan fingerprint density at radius 3 is 2.62 bits per heavy atom. The van der Waals surface area contributed by atoms with Crippen LogP contribution in [0.1, 0.15) is 32.4 Å². The van der Waals surface area contributed by atoms with Crippen molar-refractivity contribution in [2.45, 2.75) is 26.9 Å². The maximum atomic E-state index is 10.3. The average Bonchev–Trinajstić information content (AvgIpc) is 2.60. The first-order chi connectivity index (χ1) is 7.41.